The number of methoxy groups -OCH3 is 1. The Morgan fingerprint density at radius 3 is 2.75 bits per heavy atom. The number of benzene rings is 1. The summed E-state index contributed by atoms with van der Waals surface area (Å²) in [5, 5.41) is 11.7. The fourth-order valence-corrected chi connectivity index (χ4v) is 2.56. The molecule has 0 aliphatic rings. The minimum atomic E-state index is 0.733. The second-order valence-corrected chi connectivity index (χ2v) is 5.94. The van der Waals surface area contributed by atoms with Crippen LogP contribution in [0.3, 0.4) is 0 Å². The van der Waals surface area contributed by atoms with Gasteiger partial charge in [0.2, 0.25) is 5.13 Å². The monoisotopic (exact) mass is 363 g/mol. The predicted octanol–water partition coefficient (Wildman–Crippen LogP) is 3.82. The van der Waals surface area contributed by atoms with E-state index in [9.17, 15) is 0 Å². The molecule has 7 heteroatoms. The number of nitrogens with zero attached hydrogens (tertiary/aromatic N) is 2. The minimum absolute atomic E-state index is 0.733. The first-order chi connectivity index (χ1) is 7.69. The molecule has 0 aliphatic heterocycles. The quantitative estimate of drug-likeness (QED) is 0.899. The molecule has 0 atom stereocenters. The normalized spacial score (nSPS) is 10.2. The van der Waals surface area contributed by atoms with Gasteiger partial charge < -0.3 is 10.1 Å². The highest BCUT2D eigenvalue weighted by atomic mass is 79.9. The molecule has 0 spiro atoms. The zero-order valence-electron chi connectivity index (χ0n) is 8.20. The Labute approximate surface area is 113 Å². The van der Waals surface area contributed by atoms with Gasteiger partial charge >= 0.3 is 0 Å². The lowest BCUT2D eigenvalue weighted by Crippen LogP contribution is -1.91. The zero-order chi connectivity index (χ0) is 11.5. The fraction of sp³-hybridized carbons (Fsp3) is 0.111. The highest BCUT2D eigenvalue weighted by Crippen LogP contribution is 2.30. The average molecular weight is 365 g/mol. The molecule has 0 bridgehead atoms. The zero-order valence-corrected chi connectivity index (χ0v) is 12.2. The van der Waals surface area contributed by atoms with Crippen molar-refractivity contribution in [2.75, 3.05) is 12.4 Å². The van der Waals surface area contributed by atoms with Gasteiger partial charge in [-0.2, -0.15) is 0 Å². The molecule has 1 aromatic carbocycles. The van der Waals surface area contributed by atoms with E-state index in [1.807, 2.05) is 18.2 Å². The number of hydrogen-bond acceptors (Lipinski definition) is 5. The van der Waals surface area contributed by atoms with Crippen molar-refractivity contribution in [2.24, 2.45) is 0 Å². The molecule has 4 nitrogen and oxygen atoms in total. The van der Waals surface area contributed by atoms with Crippen LogP contribution >= 0.6 is 43.2 Å². The Morgan fingerprint density at radius 1 is 1.31 bits per heavy atom. The highest BCUT2D eigenvalue weighted by Gasteiger charge is 2.04. The van der Waals surface area contributed by atoms with E-state index in [0.29, 0.717) is 0 Å². The summed E-state index contributed by atoms with van der Waals surface area (Å²) >= 11 is 8.08. The van der Waals surface area contributed by atoms with Gasteiger partial charge in [-0.05, 0) is 44.0 Å². The summed E-state index contributed by atoms with van der Waals surface area (Å²) < 4.78 is 6.86. The maximum absolute atomic E-state index is 5.20. The van der Waals surface area contributed by atoms with Crippen molar-refractivity contribution in [1.82, 2.24) is 10.2 Å². The lowest BCUT2D eigenvalue weighted by Gasteiger charge is -2.06. The summed E-state index contributed by atoms with van der Waals surface area (Å²) in [4.78, 5) is 0. The van der Waals surface area contributed by atoms with Crippen molar-refractivity contribution >= 4 is 54.0 Å². The van der Waals surface area contributed by atoms with E-state index in [0.717, 1.165) is 25.0 Å². The molecular weight excluding hydrogens is 358 g/mol. The lowest BCUT2D eigenvalue weighted by molar-refractivity contribution is 0.412. The van der Waals surface area contributed by atoms with Crippen LogP contribution < -0.4 is 10.1 Å². The maximum Gasteiger partial charge on any atom is 0.210 e. The summed E-state index contributed by atoms with van der Waals surface area (Å²) in [7, 11) is 1.63. The third kappa shape index (κ3) is 2.72. The number of hydrogen-bond donors (Lipinski definition) is 1. The first-order valence-electron chi connectivity index (χ1n) is 4.28. The third-order valence-electron chi connectivity index (χ3n) is 1.80. The van der Waals surface area contributed by atoms with Gasteiger partial charge in [0, 0.05) is 11.8 Å². The molecule has 0 aliphatic carbocycles. The van der Waals surface area contributed by atoms with Crippen LogP contribution in [-0.2, 0) is 0 Å². The third-order valence-corrected chi connectivity index (χ3v) is 3.73. The van der Waals surface area contributed by atoms with Gasteiger partial charge in [0.15, 0.2) is 3.92 Å². The standard InChI is InChI=1S/C9H7Br2N3OS/c1-15-7-4-5(2-3-6(7)10)12-9-14-13-8(11)16-9/h2-4H,1H3,(H,12,14). The molecule has 0 amide bonds. The molecule has 0 saturated heterocycles. The van der Waals surface area contributed by atoms with Crippen LogP contribution in [0.1, 0.15) is 0 Å². The summed E-state index contributed by atoms with van der Waals surface area (Å²) in [5.74, 6) is 0.772. The molecule has 0 saturated carbocycles. The second kappa shape index (κ2) is 5.11. The number of aromatic nitrogens is 2. The largest absolute Gasteiger partial charge is 0.495 e. The van der Waals surface area contributed by atoms with E-state index in [1.54, 1.807) is 7.11 Å². The maximum atomic E-state index is 5.20. The van der Waals surface area contributed by atoms with E-state index >= 15 is 0 Å². The SMILES string of the molecule is COc1cc(Nc2nnc(Br)s2)ccc1Br. The lowest BCUT2D eigenvalue weighted by atomic mass is 10.3. The predicted molar refractivity (Wildman–Crippen MR) is 71.6 cm³/mol. The Bertz CT molecular complexity index is 503. The van der Waals surface area contributed by atoms with Gasteiger partial charge in [-0.25, -0.2) is 0 Å². The molecule has 16 heavy (non-hydrogen) atoms. The molecule has 2 rings (SSSR count). The van der Waals surface area contributed by atoms with Crippen LogP contribution in [-0.4, -0.2) is 17.3 Å². The second-order valence-electron chi connectivity index (χ2n) is 2.83. The van der Waals surface area contributed by atoms with Crippen molar-refractivity contribution in [3.63, 3.8) is 0 Å². The minimum Gasteiger partial charge on any atom is -0.495 e. The highest BCUT2D eigenvalue weighted by molar-refractivity contribution is 9.11. The van der Waals surface area contributed by atoms with E-state index < -0.39 is 0 Å². The topological polar surface area (TPSA) is 47.0 Å². The summed E-state index contributed by atoms with van der Waals surface area (Å²) in [6.07, 6.45) is 0. The van der Waals surface area contributed by atoms with Crippen LogP contribution in [0, 0.1) is 0 Å². The first-order valence-corrected chi connectivity index (χ1v) is 6.69. The van der Waals surface area contributed by atoms with Crippen molar-refractivity contribution < 1.29 is 4.74 Å². The van der Waals surface area contributed by atoms with E-state index in [2.05, 4.69) is 47.4 Å². The molecule has 84 valence electrons. The van der Waals surface area contributed by atoms with Crippen LogP contribution in [0.5, 0.6) is 5.75 Å². The summed E-state index contributed by atoms with van der Waals surface area (Å²) in [6, 6.07) is 5.73. The molecule has 2 aromatic rings. The number of anilines is 2. The van der Waals surface area contributed by atoms with Crippen LogP contribution in [0.15, 0.2) is 26.6 Å². The number of halogens is 2. The number of ether oxygens (including phenoxy) is 1. The Hall–Kier alpha value is -0.660. The average Bonchev–Trinajstić information content (AvgIpc) is 2.67. The molecule has 0 unspecified atom stereocenters. The number of rotatable bonds is 3. The van der Waals surface area contributed by atoms with Crippen molar-refractivity contribution in [3.05, 3.63) is 26.6 Å². The van der Waals surface area contributed by atoms with E-state index in [-0.39, 0.29) is 0 Å². The first kappa shape index (κ1) is 11.8. The van der Waals surface area contributed by atoms with Gasteiger partial charge in [0.1, 0.15) is 5.75 Å². The summed E-state index contributed by atoms with van der Waals surface area (Å²) in [6.45, 7) is 0. The van der Waals surface area contributed by atoms with E-state index in [4.69, 9.17) is 4.74 Å². The van der Waals surface area contributed by atoms with Crippen LogP contribution in [0.25, 0.3) is 0 Å². The molecular formula is C9H7Br2N3OS. The van der Waals surface area contributed by atoms with Gasteiger partial charge in [-0.3, -0.25) is 0 Å². The van der Waals surface area contributed by atoms with E-state index in [1.165, 1.54) is 11.3 Å². The van der Waals surface area contributed by atoms with Gasteiger partial charge in [-0.1, -0.05) is 11.3 Å². The molecule has 1 N–H and O–H groups in total. The van der Waals surface area contributed by atoms with Crippen LogP contribution in [0.2, 0.25) is 0 Å². The van der Waals surface area contributed by atoms with Crippen molar-refractivity contribution in [3.8, 4) is 5.75 Å². The fourth-order valence-electron chi connectivity index (χ4n) is 1.12. The summed E-state index contributed by atoms with van der Waals surface area (Å²) in [5.41, 5.74) is 0.906. The van der Waals surface area contributed by atoms with Crippen molar-refractivity contribution in [2.45, 2.75) is 0 Å². The molecule has 1 heterocycles. The number of nitrogens with one attached hydrogen (secondary N) is 1. The van der Waals surface area contributed by atoms with Crippen molar-refractivity contribution in [1.29, 1.82) is 0 Å². The Morgan fingerprint density at radius 2 is 2.12 bits per heavy atom. The van der Waals surface area contributed by atoms with Gasteiger partial charge in [0.25, 0.3) is 0 Å². The Balaban J connectivity index is 2.21. The smallest absolute Gasteiger partial charge is 0.210 e. The van der Waals surface area contributed by atoms with Gasteiger partial charge in [-0.15, -0.1) is 10.2 Å². The Kier molecular flexibility index (Phi) is 3.78. The van der Waals surface area contributed by atoms with Gasteiger partial charge in [0.05, 0.1) is 11.6 Å². The molecule has 0 radical (unpaired) electrons. The molecule has 1 aromatic heterocycles. The molecule has 0 fully saturated rings. The van der Waals surface area contributed by atoms with Crippen LogP contribution in [0.4, 0.5) is 10.8 Å².